The summed E-state index contributed by atoms with van der Waals surface area (Å²) >= 11 is 5.18. The Bertz CT molecular complexity index is 508. The first-order valence-electron chi connectivity index (χ1n) is 6.11. The number of esters is 1. The van der Waals surface area contributed by atoms with Crippen LogP contribution in [0.2, 0.25) is 0 Å². The van der Waals surface area contributed by atoms with E-state index < -0.39 is 23.1 Å². The van der Waals surface area contributed by atoms with Crippen LogP contribution in [-0.2, 0) is 19.1 Å². The van der Waals surface area contributed by atoms with Crippen molar-refractivity contribution in [2.45, 2.75) is 19.8 Å². The summed E-state index contributed by atoms with van der Waals surface area (Å²) in [6.45, 7) is 3.55. The van der Waals surface area contributed by atoms with Gasteiger partial charge in [0.1, 0.15) is 0 Å². The van der Waals surface area contributed by atoms with Crippen molar-refractivity contribution in [1.82, 2.24) is 0 Å². The van der Waals surface area contributed by atoms with Crippen LogP contribution in [0.25, 0.3) is 0 Å². The molecule has 0 saturated heterocycles. The molecule has 0 spiro atoms. The highest BCUT2D eigenvalue weighted by Gasteiger charge is 2.43. The molecule has 108 valence electrons. The molecule has 0 fully saturated rings. The second kappa shape index (κ2) is 6.61. The number of hydrogen-bond donors (Lipinski definition) is 0. The number of hydrogen-bond acceptors (Lipinski definition) is 5. The molecule has 0 saturated carbocycles. The minimum atomic E-state index is -0.883. The molecule has 0 aliphatic heterocycles. The normalized spacial score (nSPS) is 12.4. The zero-order valence-electron chi connectivity index (χ0n) is 12.0. The Morgan fingerprint density at radius 2 is 1.65 bits per heavy atom. The monoisotopic (exact) mass is 294 g/mol. The van der Waals surface area contributed by atoms with Gasteiger partial charge in [-0.25, -0.2) is 4.79 Å². The maximum Gasteiger partial charge on any atom is 0.375 e. The minimum absolute atomic E-state index is 0.267. The fraction of sp³-hybridized carbons (Fsp3) is 0.400. The van der Waals surface area contributed by atoms with Crippen LogP contribution in [0.4, 0.5) is 0 Å². The maximum absolute atomic E-state index is 12.4. The van der Waals surface area contributed by atoms with Gasteiger partial charge in [0.2, 0.25) is 5.78 Å². The molecule has 0 bridgehead atoms. The Hall–Kier alpha value is -1.75. The number of ketones is 1. The lowest BCUT2D eigenvalue weighted by Crippen LogP contribution is -2.39. The number of methoxy groups -OCH3 is 2. The molecule has 1 atom stereocenters. The molecular weight excluding hydrogens is 276 g/mol. The quantitative estimate of drug-likeness (QED) is 0.474. The average Bonchev–Trinajstić information content (AvgIpc) is 2.46. The maximum atomic E-state index is 12.4. The van der Waals surface area contributed by atoms with Crippen LogP contribution < -0.4 is 0 Å². The SMILES string of the molecule is COC(=O)C(=O)C(c1ccccc1)C(C)(C)C(=S)OC. The lowest BCUT2D eigenvalue weighted by Gasteiger charge is -2.32. The van der Waals surface area contributed by atoms with Gasteiger partial charge in [0.05, 0.1) is 20.1 Å². The van der Waals surface area contributed by atoms with E-state index >= 15 is 0 Å². The smallest absolute Gasteiger partial charge is 0.375 e. The highest BCUT2D eigenvalue weighted by molar-refractivity contribution is 7.80. The van der Waals surface area contributed by atoms with Gasteiger partial charge >= 0.3 is 5.97 Å². The summed E-state index contributed by atoms with van der Waals surface area (Å²) in [6.07, 6.45) is 0. The summed E-state index contributed by atoms with van der Waals surface area (Å²) in [7, 11) is 2.64. The summed E-state index contributed by atoms with van der Waals surface area (Å²) in [5.74, 6) is -2.27. The van der Waals surface area contributed by atoms with Crippen molar-refractivity contribution in [3.8, 4) is 0 Å². The first-order chi connectivity index (χ1) is 9.36. The van der Waals surface area contributed by atoms with Gasteiger partial charge in [-0.15, -0.1) is 0 Å². The molecule has 20 heavy (non-hydrogen) atoms. The highest BCUT2D eigenvalue weighted by atomic mass is 32.1. The third-order valence-corrected chi connectivity index (χ3v) is 3.91. The summed E-state index contributed by atoms with van der Waals surface area (Å²) in [4.78, 5) is 24.0. The molecule has 0 heterocycles. The van der Waals surface area contributed by atoms with Crippen molar-refractivity contribution in [3.05, 3.63) is 35.9 Å². The molecule has 0 aliphatic rings. The zero-order chi connectivity index (χ0) is 15.3. The first kappa shape index (κ1) is 16.3. The van der Waals surface area contributed by atoms with E-state index in [-0.39, 0.29) is 5.05 Å². The molecule has 0 amide bonds. The zero-order valence-corrected chi connectivity index (χ0v) is 12.8. The molecule has 1 unspecified atom stereocenters. The summed E-state index contributed by atoms with van der Waals surface area (Å²) < 4.78 is 9.66. The van der Waals surface area contributed by atoms with Crippen molar-refractivity contribution in [2.75, 3.05) is 14.2 Å². The van der Waals surface area contributed by atoms with E-state index in [0.717, 1.165) is 0 Å². The first-order valence-corrected chi connectivity index (χ1v) is 6.52. The number of thiocarbonyl (C=S) groups is 1. The van der Waals surface area contributed by atoms with E-state index in [0.29, 0.717) is 5.56 Å². The predicted molar refractivity (Wildman–Crippen MR) is 79.6 cm³/mol. The van der Waals surface area contributed by atoms with Crippen LogP contribution in [0.3, 0.4) is 0 Å². The average molecular weight is 294 g/mol. The van der Waals surface area contributed by atoms with Gasteiger partial charge in [-0.3, -0.25) is 4.79 Å². The third-order valence-electron chi connectivity index (χ3n) is 3.21. The lowest BCUT2D eigenvalue weighted by atomic mass is 9.73. The minimum Gasteiger partial charge on any atom is -0.490 e. The van der Waals surface area contributed by atoms with Crippen LogP contribution in [0.1, 0.15) is 25.3 Å². The van der Waals surface area contributed by atoms with E-state index in [1.54, 1.807) is 38.1 Å². The lowest BCUT2D eigenvalue weighted by molar-refractivity contribution is -0.153. The molecule has 0 aromatic heterocycles. The fourth-order valence-electron chi connectivity index (χ4n) is 2.14. The Kier molecular flexibility index (Phi) is 5.39. The van der Waals surface area contributed by atoms with Gasteiger partial charge in [-0.1, -0.05) is 44.2 Å². The molecule has 4 nitrogen and oxygen atoms in total. The number of ether oxygens (including phenoxy) is 2. The van der Waals surface area contributed by atoms with Crippen LogP contribution in [-0.4, -0.2) is 31.0 Å². The van der Waals surface area contributed by atoms with Crippen molar-refractivity contribution in [2.24, 2.45) is 5.41 Å². The van der Waals surface area contributed by atoms with Crippen LogP contribution in [0.15, 0.2) is 30.3 Å². The number of carbonyl (C=O) groups is 2. The predicted octanol–water partition coefficient (Wildman–Crippen LogP) is 2.51. The molecule has 0 aliphatic carbocycles. The second-order valence-electron chi connectivity index (χ2n) is 4.91. The summed E-state index contributed by atoms with van der Waals surface area (Å²) in [5.41, 5.74) is -0.108. The van der Waals surface area contributed by atoms with Gasteiger partial charge in [0.15, 0.2) is 5.05 Å². The van der Waals surface area contributed by atoms with E-state index in [1.165, 1.54) is 14.2 Å². The van der Waals surface area contributed by atoms with Crippen molar-refractivity contribution in [1.29, 1.82) is 0 Å². The van der Waals surface area contributed by atoms with Gasteiger partial charge < -0.3 is 9.47 Å². The Labute approximate surface area is 124 Å². The largest absolute Gasteiger partial charge is 0.490 e. The molecule has 1 rings (SSSR count). The Balaban J connectivity index is 3.32. The number of carbonyl (C=O) groups excluding carboxylic acids is 2. The van der Waals surface area contributed by atoms with E-state index in [9.17, 15) is 9.59 Å². The van der Waals surface area contributed by atoms with Crippen LogP contribution in [0, 0.1) is 5.41 Å². The fourth-order valence-corrected chi connectivity index (χ4v) is 2.26. The van der Waals surface area contributed by atoms with Gasteiger partial charge in [0, 0.05) is 5.41 Å². The van der Waals surface area contributed by atoms with E-state index in [2.05, 4.69) is 4.74 Å². The molecule has 5 heteroatoms. The Morgan fingerprint density at radius 3 is 2.10 bits per heavy atom. The van der Waals surface area contributed by atoms with E-state index in [1.807, 2.05) is 6.07 Å². The topological polar surface area (TPSA) is 52.6 Å². The molecular formula is C15H18O4S. The molecule has 1 aromatic carbocycles. The van der Waals surface area contributed by atoms with Gasteiger partial charge in [0.25, 0.3) is 0 Å². The van der Waals surface area contributed by atoms with Crippen LogP contribution in [0.5, 0.6) is 0 Å². The Morgan fingerprint density at radius 1 is 1.10 bits per heavy atom. The van der Waals surface area contributed by atoms with Crippen LogP contribution >= 0.6 is 12.2 Å². The third kappa shape index (κ3) is 3.22. The molecule has 1 aromatic rings. The number of benzene rings is 1. The summed E-state index contributed by atoms with van der Waals surface area (Å²) in [5, 5.41) is 0.267. The second-order valence-corrected chi connectivity index (χ2v) is 5.28. The van der Waals surface area contributed by atoms with E-state index in [4.69, 9.17) is 17.0 Å². The van der Waals surface area contributed by atoms with Gasteiger partial charge in [-0.2, -0.15) is 0 Å². The molecule has 0 radical (unpaired) electrons. The molecule has 0 N–H and O–H groups in total. The van der Waals surface area contributed by atoms with Crippen molar-refractivity contribution >= 4 is 29.0 Å². The number of rotatable bonds is 5. The van der Waals surface area contributed by atoms with Gasteiger partial charge in [-0.05, 0) is 17.8 Å². The summed E-state index contributed by atoms with van der Waals surface area (Å²) in [6, 6.07) is 9.01. The van der Waals surface area contributed by atoms with Crippen molar-refractivity contribution in [3.63, 3.8) is 0 Å². The van der Waals surface area contributed by atoms with Crippen molar-refractivity contribution < 1.29 is 19.1 Å². The number of Topliss-reactive ketones (excluding diaryl/α,β-unsaturated/α-hetero) is 1. The standard InChI is InChI=1S/C15H18O4S/c1-15(2,14(20)19-4)11(12(16)13(17)18-3)10-8-6-5-7-9-10/h5-9,11H,1-4H3. The highest BCUT2D eigenvalue weighted by Crippen LogP contribution is 2.38.